The van der Waals surface area contributed by atoms with Crippen LogP contribution in [0.1, 0.15) is 12.8 Å². The predicted molar refractivity (Wildman–Crippen MR) is 70.0 cm³/mol. The van der Waals surface area contributed by atoms with Crippen LogP contribution >= 0.6 is 24.0 Å². The van der Waals surface area contributed by atoms with E-state index in [0.29, 0.717) is 10.7 Å². The summed E-state index contributed by atoms with van der Waals surface area (Å²) in [5.74, 6) is -0.106. The van der Waals surface area contributed by atoms with Gasteiger partial charge in [-0.25, -0.2) is 0 Å². The Morgan fingerprint density at radius 1 is 1.53 bits per heavy atom. The van der Waals surface area contributed by atoms with Crippen molar-refractivity contribution in [2.75, 3.05) is 11.9 Å². The highest BCUT2D eigenvalue weighted by atomic mass is 35.5. The molecule has 1 fully saturated rings. The van der Waals surface area contributed by atoms with Crippen LogP contribution in [0.25, 0.3) is 0 Å². The van der Waals surface area contributed by atoms with Crippen LogP contribution in [0.3, 0.4) is 0 Å². The SMILES string of the molecule is Cl.O=C(Nc1cc(Cl)ccc1O)C1CCCN1. The molecule has 17 heavy (non-hydrogen) atoms. The quantitative estimate of drug-likeness (QED) is 0.726. The second-order valence-electron chi connectivity index (χ2n) is 3.80. The van der Waals surface area contributed by atoms with Gasteiger partial charge in [-0.05, 0) is 37.6 Å². The third-order valence-electron chi connectivity index (χ3n) is 2.59. The summed E-state index contributed by atoms with van der Waals surface area (Å²) in [5, 5.41) is 15.8. The predicted octanol–water partition coefficient (Wildman–Crippen LogP) is 2.16. The number of halogens is 2. The van der Waals surface area contributed by atoms with Gasteiger partial charge < -0.3 is 15.7 Å². The summed E-state index contributed by atoms with van der Waals surface area (Å²) >= 11 is 5.78. The highest BCUT2D eigenvalue weighted by Gasteiger charge is 2.22. The molecule has 1 amide bonds. The maximum Gasteiger partial charge on any atom is 0.241 e. The highest BCUT2D eigenvalue weighted by molar-refractivity contribution is 6.31. The molecule has 4 nitrogen and oxygen atoms in total. The third kappa shape index (κ3) is 3.49. The van der Waals surface area contributed by atoms with Crippen LogP contribution in [0, 0.1) is 0 Å². The lowest BCUT2D eigenvalue weighted by molar-refractivity contribution is -0.117. The molecule has 0 aliphatic carbocycles. The van der Waals surface area contributed by atoms with Crippen molar-refractivity contribution in [3.63, 3.8) is 0 Å². The third-order valence-corrected chi connectivity index (χ3v) is 2.83. The fraction of sp³-hybridized carbons (Fsp3) is 0.364. The van der Waals surface area contributed by atoms with Gasteiger partial charge in [-0.1, -0.05) is 11.6 Å². The highest BCUT2D eigenvalue weighted by Crippen LogP contribution is 2.26. The average molecular weight is 277 g/mol. The molecule has 94 valence electrons. The number of carbonyl (C=O) groups is 1. The fourth-order valence-electron chi connectivity index (χ4n) is 1.74. The first kappa shape index (κ1) is 14.1. The van der Waals surface area contributed by atoms with E-state index in [1.807, 2.05) is 0 Å². The molecule has 1 aromatic rings. The summed E-state index contributed by atoms with van der Waals surface area (Å²) in [5.41, 5.74) is 0.353. The first-order valence-electron chi connectivity index (χ1n) is 5.19. The molecule has 1 aliphatic rings. The fourth-order valence-corrected chi connectivity index (χ4v) is 1.91. The zero-order valence-corrected chi connectivity index (χ0v) is 10.6. The Labute approximate surface area is 111 Å². The van der Waals surface area contributed by atoms with E-state index in [0.717, 1.165) is 19.4 Å². The number of benzene rings is 1. The smallest absolute Gasteiger partial charge is 0.241 e. The summed E-state index contributed by atoms with van der Waals surface area (Å²) in [6, 6.07) is 4.39. The summed E-state index contributed by atoms with van der Waals surface area (Å²) in [4.78, 5) is 11.8. The molecule has 1 saturated heterocycles. The minimum Gasteiger partial charge on any atom is -0.506 e. The van der Waals surface area contributed by atoms with Gasteiger partial charge in [0, 0.05) is 5.02 Å². The van der Waals surface area contributed by atoms with Gasteiger partial charge in [0.05, 0.1) is 11.7 Å². The molecule has 1 unspecified atom stereocenters. The van der Waals surface area contributed by atoms with Gasteiger partial charge in [0.15, 0.2) is 0 Å². The summed E-state index contributed by atoms with van der Waals surface area (Å²) in [6.45, 7) is 0.861. The first-order chi connectivity index (χ1) is 7.66. The van der Waals surface area contributed by atoms with Gasteiger partial charge in [-0.2, -0.15) is 0 Å². The number of nitrogens with one attached hydrogen (secondary N) is 2. The Hall–Kier alpha value is -0.970. The lowest BCUT2D eigenvalue weighted by Crippen LogP contribution is -2.35. The Bertz CT molecular complexity index is 406. The van der Waals surface area contributed by atoms with Crippen LogP contribution in [0.4, 0.5) is 5.69 Å². The lowest BCUT2D eigenvalue weighted by atomic mass is 10.2. The number of anilines is 1. The number of phenolic OH excluding ortho intramolecular Hbond substituents is 1. The number of hydrogen-bond donors (Lipinski definition) is 3. The topological polar surface area (TPSA) is 61.4 Å². The first-order valence-corrected chi connectivity index (χ1v) is 5.57. The molecular weight excluding hydrogens is 263 g/mol. The monoisotopic (exact) mass is 276 g/mol. The van der Waals surface area contributed by atoms with Crippen molar-refractivity contribution in [3.8, 4) is 5.75 Å². The minimum absolute atomic E-state index is 0. The standard InChI is InChI=1S/C11H13ClN2O2.ClH/c12-7-3-4-10(15)9(6-7)14-11(16)8-2-1-5-13-8;/h3-4,6,8,13,15H,1-2,5H2,(H,14,16);1H. The Kier molecular flexibility index (Phi) is 5.05. The van der Waals surface area contributed by atoms with Crippen LogP contribution in [0.15, 0.2) is 18.2 Å². The summed E-state index contributed by atoms with van der Waals surface area (Å²) < 4.78 is 0. The van der Waals surface area contributed by atoms with E-state index < -0.39 is 0 Å². The molecule has 0 saturated carbocycles. The van der Waals surface area contributed by atoms with Crippen LogP contribution < -0.4 is 10.6 Å². The van der Waals surface area contributed by atoms with Crippen molar-refractivity contribution in [3.05, 3.63) is 23.2 Å². The van der Waals surface area contributed by atoms with Crippen molar-refractivity contribution >= 4 is 35.6 Å². The van der Waals surface area contributed by atoms with E-state index in [1.165, 1.54) is 12.1 Å². The van der Waals surface area contributed by atoms with E-state index in [9.17, 15) is 9.90 Å². The zero-order chi connectivity index (χ0) is 11.5. The van der Waals surface area contributed by atoms with E-state index in [2.05, 4.69) is 10.6 Å². The average Bonchev–Trinajstić information content (AvgIpc) is 2.76. The number of amides is 1. The van der Waals surface area contributed by atoms with Gasteiger partial charge in [0.1, 0.15) is 5.75 Å². The summed E-state index contributed by atoms with van der Waals surface area (Å²) in [7, 11) is 0. The molecule has 6 heteroatoms. The minimum atomic E-state index is -0.168. The number of rotatable bonds is 2. The van der Waals surface area contributed by atoms with Gasteiger partial charge in [0.25, 0.3) is 0 Å². The van der Waals surface area contributed by atoms with Crippen LogP contribution in [0.2, 0.25) is 5.02 Å². The Balaban J connectivity index is 0.00000144. The molecule has 2 rings (SSSR count). The van der Waals surface area contributed by atoms with Gasteiger partial charge >= 0.3 is 0 Å². The molecule has 1 aliphatic heterocycles. The second kappa shape index (κ2) is 6.10. The second-order valence-corrected chi connectivity index (χ2v) is 4.24. The zero-order valence-electron chi connectivity index (χ0n) is 9.07. The van der Waals surface area contributed by atoms with E-state index in [-0.39, 0.29) is 30.1 Å². The molecular formula is C11H14Cl2N2O2. The summed E-state index contributed by atoms with van der Waals surface area (Å²) in [6.07, 6.45) is 1.83. The Morgan fingerprint density at radius 3 is 2.94 bits per heavy atom. The molecule has 0 bridgehead atoms. The molecule has 1 atom stereocenters. The number of carbonyl (C=O) groups excluding carboxylic acids is 1. The molecule has 1 heterocycles. The normalized spacial score (nSPS) is 18.5. The van der Waals surface area contributed by atoms with Gasteiger partial charge in [-0.15, -0.1) is 12.4 Å². The molecule has 0 spiro atoms. The van der Waals surface area contributed by atoms with Crippen molar-refractivity contribution in [2.24, 2.45) is 0 Å². The number of hydrogen-bond acceptors (Lipinski definition) is 3. The van der Waals surface area contributed by atoms with Crippen molar-refractivity contribution in [2.45, 2.75) is 18.9 Å². The largest absolute Gasteiger partial charge is 0.506 e. The van der Waals surface area contributed by atoms with E-state index >= 15 is 0 Å². The maximum absolute atomic E-state index is 11.8. The van der Waals surface area contributed by atoms with Crippen LogP contribution in [0.5, 0.6) is 5.75 Å². The molecule has 1 aromatic carbocycles. The lowest BCUT2D eigenvalue weighted by Gasteiger charge is -2.12. The van der Waals surface area contributed by atoms with Crippen LogP contribution in [-0.2, 0) is 4.79 Å². The van der Waals surface area contributed by atoms with Crippen molar-refractivity contribution in [1.29, 1.82) is 0 Å². The van der Waals surface area contributed by atoms with E-state index in [4.69, 9.17) is 11.6 Å². The Morgan fingerprint density at radius 2 is 2.29 bits per heavy atom. The molecule has 0 radical (unpaired) electrons. The molecule has 3 N–H and O–H groups in total. The van der Waals surface area contributed by atoms with Crippen molar-refractivity contribution < 1.29 is 9.90 Å². The van der Waals surface area contributed by atoms with Crippen molar-refractivity contribution in [1.82, 2.24) is 5.32 Å². The number of phenols is 1. The molecule has 0 aromatic heterocycles. The van der Waals surface area contributed by atoms with Gasteiger partial charge in [-0.3, -0.25) is 4.79 Å². The van der Waals surface area contributed by atoms with E-state index in [1.54, 1.807) is 6.07 Å². The van der Waals surface area contributed by atoms with Crippen LogP contribution in [-0.4, -0.2) is 23.6 Å². The number of aromatic hydroxyl groups is 1. The van der Waals surface area contributed by atoms with Gasteiger partial charge in [0.2, 0.25) is 5.91 Å². The maximum atomic E-state index is 11.8.